The third-order valence-electron chi connectivity index (χ3n) is 4.87. The van der Waals surface area contributed by atoms with E-state index in [4.69, 9.17) is 0 Å². The molecule has 0 unspecified atom stereocenters. The van der Waals surface area contributed by atoms with E-state index >= 15 is 0 Å². The summed E-state index contributed by atoms with van der Waals surface area (Å²) in [5, 5.41) is 12.4. The number of rotatable bonds is 8. The molecule has 1 aromatic carbocycles. The molecule has 1 aliphatic rings. The predicted octanol–water partition coefficient (Wildman–Crippen LogP) is 4.47. The van der Waals surface area contributed by atoms with E-state index in [1.54, 1.807) is 7.05 Å². The summed E-state index contributed by atoms with van der Waals surface area (Å²) in [6, 6.07) is 7.77. The number of nitrogens with one attached hydrogen (secondary N) is 4. The SMILES string of the molecule is CN=C(NCCCC1CCCC1)NCc1ccc(NC(=O)NC(C)C)cc1.I. The lowest BCUT2D eigenvalue weighted by Crippen LogP contribution is -2.37. The summed E-state index contributed by atoms with van der Waals surface area (Å²) >= 11 is 0. The van der Waals surface area contributed by atoms with Gasteiger partial charge < -0.3 is 21.3 Å². The van der Waals surface area contributed by atoms with Crippen LogP contribution >= 0.6 is 24.0 Å². The molecule has 158 valence electrons. The first kappa shape index (κ1) is 24.5. The minimum absolute atomic E-state index is 0. The van der Waals surface area contributed by atoms with Crippen molar-refractivity contribution in [3.63, 3.8) is 0 Å². The molecule has 1 aliphatic carbocycles. The average Bonchev–Trinajstić information content (AvgIpc) is 3.15. The molecule has 1 saturated carbocycles. The van der Waals surface area contributed by atoms with Crippen LogP contribution in [0.3, 0.4) is 0 Å². The van der Waals surface area contributed by atoms with Gasteiger partial charge in [-0.05, 0) is 50.3 Å². The second-order valence-corrected chi connectivity index (χ2v) is 7.60. The number of anilines is 1. The molecular weight excluding hydrogens is 465 g/mol. The van der Waals surface area contributed by atoms with Gasteiger partial charge >= 0.3 is 6.03 Å². The van der Waals surface area contributed by atoms with Crippen molar-refractivity contribution in [2.75, 3.05) is 18.9 Å². The minimum atomic E-state index is -0.182. The number of halogens is 1. The summed E-state index contributed by atoms with van der Waals surface area (Å²) in [7, 11) is 1.80. The highest BCUT2D eigenvalue weighted by molar-refractivity contribution is 14.0. The highest BCUT2D eigenvalue weighted by Crippen LogP contribution is 2.28. The molecule has 0 heterocycles. The van der Waals surface area contributed by atoms with Crippen molar-refractivity contribution in [2.45, 2.75) is 65.0 Å². The number of aliphatic imine (C=N–C) groups is 1. The van der Waals surface area contributed by atoms with Crippen molar-refractivity contribution < 1.29 is 4.79 Å². The fourth-order valence-corrected chi connectivity index (χ4v) is 3.44. The normalized spacial score (nSPS) is 14.5. The van der Waals surface area contributed by atoms with E-state index < -0.39 is 0 Å². The Morgan fingerprint density at radius 1 is 1.14 bits per heavy atom. The van der Waals surface area contributed by atoms with E-state index in [-0.39, 0.29) is 36.0 Å². The maximum Gasteiger partial charge on any atom is 0.319 e. The van der Waals surface area contributed by atoms with Crippen molar-refractivity contribution in [1.82, 2.24) is 16.0 Å². The van der Waals surface area contributed by atoms with Gasteiger partial charge in [-0.1, -0.05) is 37.8 Å². The van der Waals surface area contributed by atoms with E-state index in [0.29, 0.717) is 6.54 Å². The fourth-order valence-electron chi connectivity index (χ4n) is 3.44. The predicted molar refractivity (Wildman–Crippen MR) is 129 cm³/mol. The lowest BCUT2D eigenvalue weighted by atomic mass is 10.0. The van der Waals surface area contributed by atoms with Crippen molar-refractivity contribution in [3.05, 3.63) is 29.8 Å². The van der Waals surface area contributed by atoms with Gasteiger partial charge in [0, 0.05) is 31.9 Å². The Kier molecular flexibility index (Phi) is 11.9. The number of carbonyl (C=O) groups excluding carboxylic acids is 1. The Bertz CT molecular complexity index is 597. The Morgan fingerprint density at radius 2 is 1.82 bits per heavy atom. The monoisotopic (exact) mass is 501 g/mol. The maximum atomic E-state index is 11.7. The Hall–Kier alpha value is -1.51. The molecule has 0 aliphatic heterocycles. The van der Waals surface area contributed by atoms with Gasteiger partial charge in [-0.3, -0.25) is 4.99 Å². The molecule has 4 N–H and O–H groups in total. The molecule has 0 aromatic heterocycles. The van der Waals surface area contributed by atoms with Crippen LogP contribution in [0.25, 0.3) is 0 Å². The topological polar surface area (TPSA) is 77.6 Å². The standard InChI is InChI=1S/C21H35N5O.HI/c1-16(2)25-21(27)26-19-12-10-18(11-13-19)15-24-20(22-3)23-14-6-9-17-7-4-5-8-17;/h10-13,16-17H,4-9,14-15H2,1-3H3,(H2,22,23,24)(H2,25,26,27);1H. The van der Waals surface area contributed by atoms with Crippen molar-refractivity contribution in [1.29, 1.82) is 0 Å². The van der Waals surface area contributed by atoms with Crippen LogP contribution in [-0.4, -0.2) is 31.6 Å². The molecular formula is C21H36IN5O. The van der Waals surface area contributed by atoms with Crippen LogP contribution in [0.2, 0.25) is 0 Å². The van der Waals surface area contributed by atoms with Crippen LogP contribution in [0.15, 0.2) is 29.3 Å². The third kappa shape index (κ3) is 9.61. The number of amides is 2. The molecule has 2 amide bonds. The number of carbonyl (C=O) groups is 1. The largest absolute Gasteiger partial charge is 0.356 e. The molecule has 0 spiro atoms. The van der Waals surface area contributed by atoms with Gasteiger partial charge in [0.25, 0.3) is 0 Å². The van der Waals surface area contributed by atoms with E-state index in [9.17, 15) is 4.79 Å². The first-order valence-corrected chi connectivity index (χ1v) is 10.2. The van der Waals surface area contributed by atoms with Crippen LogP contribution in [0, 0.1) is 5.92 Å². The second-order valence-electron chi connectivity index (χ2n) is 7.60. The summed E-state index contributed by atoms with van der Waals surface area (Å²) < 4.78 is 0. The van der Waals surface area contributed by atoms with Gasteiger partial charge in [0.2, 0.25) is 0 Å². The molecule has 2 rings (SSSR count). The first-order chi connectivity index (χ1) is 13.1. The third-order valence-corrected chi connectivity index (χ3v) is 4.87. The van der Waals surface area contributed by atoms with Crippen molar-refractivity contribution in [2.24, 2.45) is 10.9 Å². The molecule has 0 atom stereocenters. The Morgan fingerprint density at radius 3 is 2.43 bits per heavy atom. The van der Waals surface area contributed by atoms with E-state index in [0.717, 1.165) is 29.7 Å². The molecule has 0 radical (unpaired) electrons. The second kappa shape index (κ2) is 13.6. The van der Waals surface area contributed by atoms with Gasteiger partial charge in [0.15, 0.2) is 5.96 Å². The van der Waals surface area contributed by atoms with E-state index in [1.165, 1.54) is 38.5 Å². The zero-order valence-electron chi connectivity index (χ0n) is 17.4. The lowest BCUT2D eigenvalue weighted by Gasteiger charge is -2.14. The van der Waals surface area contributed by atoms with Crippen LogP contribution in [0.4, 0.5) is 10.5 Å². The molecule has 1 aromatic rings. The summed E-state index contributed by atoms with van der Waals surface area (Å²) in [4.78, 5) is 16.0. The molecule has 0 saturated heterocycles. The quantitative estimate of drug-likeness (QED) is 0.184. The molecule has 7 heteroatoms. The number of guanidine groups is 1. The van der Waals surface area contributed by atoms with Gasteiger partial charge in [-0.2, -0.15) is 0 Å². The summed E-state index contributed by atoms with van der Waals surface area (Å²) in [6.07, 6.45) is 8.18. The van der Waals surface area contributed by atoms with Gasteiger partial charge in [0.1, 0.15) is 0 Å². The van der Waals surface area contributed by atoms with Crippen LogP contribution < -0.4 is 21.3 Å². The highest BCUT2D eigenvalue weighted by Gasteiger charge is 2.14. The summed E-state index contributed by atoms with van der Waals surface area (Å²) in [5.74, 6) is 1.77. The van der Waals surface area contributed by atoms with Gasteiger partial charge in [-0.25, -0.2) is 4.79 Å². The number of urea groups is 1. The minimum Gasteiger partial charge on any atom is -0.356 e. The Labute approximate surface area is 186 Å². The average molecular weight is 501 g/mol. The lowest BCUT2D eigenvalue weighted by molar-refractivity contribution is 0.250. The van der Waals surface area contributed by atoms with Crippen molar-refractivity contribution in [3.8, 4) is 0 Å². The summed E-state index contributed by atoms with van der Waals surface area (Å²) in [6.45, 7) is 5.53. The maximum absolute atomic E-state index is 11.7. The smallest absolute Gasteiger partial charge is 0.319 e. The van der Waals surface area contributed by atoms with Crippen LogP contribution in [0.1, 0.15) is 57.9 Å². The number of nitrogens with zero attached hydrogens (tertiary/aromatic N) is 1. The van der Waals surface area contributed by atoms with E-state index in [1.807, 2.05) is 38.1 Å². The van der Waals surface area contributed by atoms with Crippen LogP contribution in [0.5, 0.6) is 0 Å². The summed E-state index contributed by atoms with van der Waals surface area (Å²) in [5.41, 5.74) is 1.92. The zero-order valence-corrected chi connectivity index (χ0v) is 19.7. The number of benzene rings is 1. The van der Waals surface area contributed by atoms with Crippen molar-refractivity contribution >= 4 is 41.7 Å². The molecule has 6 nitrogen and oxygen atoms in total. The molecule has 1 fully saturated rings. The number of hydrogen-bond donors (Lipinski definition) is 4. The van der Waals surface area contributed by atoms with Crippen LogP contribution in [-0.2, 0) is 6.54 Å². The first-order valence-electron chi connectivity index (χ1n) is 10.2. The molecule has 28 heavy (non-hydrogen) atoms. The fraction of sp³-hybridized carbons (Fsp3) is 0.619. The molecule has 0 bridgehead atoms. The van der Waals surface area contributed by atoms with E-state index in [2.05, 4.69) is 26.3 Å². The zero-order chi connectivity index (χ0) is 19.5. The van der Waals surface area contributed by atoms with Gasteiger partial charge in [-0.15, -0.1) is 24.0 Å². The number of hydrogen-bond acceptors (Lipinski definition) is 2. The highest BCUT2D eigenvalue weighted by atomic mass is 127. The van der Waals surface area contributed by atoms with Gasteiger partial charge in [0.05, 0.1) is 0 Å². The Balaban J connectivity index is 0.00000392.